The lowest BCUT2D eigenvalue weighted by Crippen LogP contribution is -2.47. The van der Waals surface area contributed by atoms with E-state index in [4.69, 9.17) is 20.9 Å². The third kappa shape index (κ3) is 3.08. The van der Waals surface area contributed by atoms with Crippen molar-refractivity contribution in [2.24, 2.45) is 5.41 Å². The average molecular weight is 267 g/mol. The first-order chi connectivity index (χ1) is 8.39. The van der Waals surface area contributed by atoms with Gasteiger partial charge in [-0.2, -0.15) is 0 Å². The van der Waals surface area contributed by atoms with Crippen molar-refractivity contribution in [3.05, 3.63) is 28.8 Å². The molecule has 0 saturated carbocycles. The molecule has 1 fully saturated rings. The molecule has 1 aromatic carbocycles. The van der Waals surface area contributed by atoms with Crippen LogP contribution in [0.25, 0.3) is 0 Å². The molecular weight excluding hydrogens is 246 g/mol. The van der Waals surface area contributed by atoms with Crippen molar-refractivity contribution in [1.82, 2.24) is 0 Å². The van der Waals surface area contributed by atoms with Crippen molar-refractivity contribution in [1.29, 1.82) is 0 Å². The first-order valence-electron chi connectivity index (χ1n) is 6.41. The van der Waals surface area contributed by atoms with E-state index >= 15 is 0 Å². The summed E-state index contributed by atoms with van der Waals surface area (Å²) in [5.41, 5.74) is 2.30. The predicted molar refractivity (Wildman–Crippen MR) is 76.6 cm³/mol. The predicted octanol–water partition coefficient (Wildman–Crippen LogP) is 3.23. The quantitative estimate of drug-likeness (QED) is 0.765. The Morgan fingerprint density at radius 3 is 2.39 bits per heavy atom. The molecule has 0 aliphatic carbocycles. The monoisotopic (exact) mass is 266 g/mol. The van der Waals surface area contributed by atoms with Gasteiger partial charge in [0, 0.05) is 23.7 Å². The topological polar surface area (TPSA) is 18.5 Å². The standard InChI is InChI=1S/C14H20BClO2/c1-10(2)12-7-11(5-6-13(12)16)15-17-8-14(3,4)9-18-15/h5-7,10H,8-9H2,1-4H3. The SMILES string of the molecule is CC(C)c1cc(B2OCC(C)(C)CO2)ccc1Cl. The van der Waals surface area contributed by atoms with Crippen LogP contribution in [0.5, 0.6) is 0 Å². The lowest BCUT2D eigenvalue weighted by Gasteiger charge is -2.33. The molecule has 4 heteroatoms. The highest BCUT2D eigenvalue weighted by Crippen LogP contribution is 2.25. The third-order valence-corrected chi connectivity index (χ3v) is 3.51. The molecule has 1 saturated heterocycles. The second-order valence-corrected chi connectivity index (χ2v) is 6.46. The van der Waals surface area contributed by atoms with Crippen LogP contribution in [-0.2, 0) is 9.31 Å². The third-order valence-electron chi connectivity index (χ3n) is 3.17. The molecule has 1 aliphatic heterocycles. The highest BCUT2D eigenvalue weighted by Gasteiger charge is 2.33. The Bertz CT molecular complexity index is 422. The number of halogens is 1. The zero-order valence-corrected chi connectivity index (χ0v) is 12.3. The number of hydrogen-bond donors (Lipinski definition) is 0. The molecule has 1 aliphatic rings. The summed E-state index contributed by atoms with van der Waals surface area (Å²) in [5, 5.41) is 0.810. The van der Waals surface area contributed by atoms with Gasteiger partial charge in [0.05, 0.1) is 0 Å². The smallest absolute Gasteiger partial charge is 0.407 e. The molecule has 18 heavy (non-hydrogen) atoms. The summed E-state index contributed by atoms with van der Waals surface area (Å²) in [6.45, 7) is 10.00. The van der Waals surface area contributed by atoms with Gasteiger partial charge in [0.15, 0.2) is 0 Å². The van der Waals surface area contributed by atoms with Gasteiger partial charge in [0.2, 0.25) is 0 Å². The van der Waals surface area contributed by atoms with Gasteiger partial charge in [-0.15, -0.1) is 0 Å². The Hall–Kier alpha value is -0.505. The first-order valence-corrected chi connectivity index (χ1v) is 6.79. The van der Waals surface area contributed by atoms with E-state index in [0.29, 0.717) is 5.92 Å². The van der Waals surface area contributed by atoms with Gasteiger partial charge in [0.25, 0.3) is 0 Å². The van der Waals surface area contributed by atoms with Crippen LogP contribution in [0.15, 0.2) is 18.2 Å². The summed E-state index contributed by atoms with van der Waals surface area (Å²) in [7, 11) is -0.257. The highest BCUT2D eigenvalue weighted by atomic mass is 35.5. The maximum absolute atomic E-state index is 6.19. The summed E-state index contributed by atoms with van der Waals surface area (Å²) in [6.07, 6.45) is 0. The molecule has 2 rings (SSSR count). The van der Waals surface area contributed by atoms with Gasteiger partial charge >= 0.3 is 7.12 Å². The second kappa shape index (κ2) is 5.24. The van der Waals surface area contributed by atoms with Gasteiger partial charge in [-0.25, -0.2) is 0 Å². The van der Waals surface area contributed by atoms with Crippen LogP contribution in [0.4, 0.5) is 0 Å². The van der Waals surface area contributed by atoms with Gasteiger partial charge < -0.3 is 9.31 Å². The largest absolute Gasteiger partial charge is 0.493 e. The van der Waals surface area contributed by atoms with Crippen LogP contribution >= 0.6 is 11.6 Å². The van der Waals surface area contributed by atoms with E-state index in [1.807, 2.05) is 12.1 Å². The van der Waals surface area contributed by atoms with Crippen molar-refractivity contribution < 1.29 is 9.31 Å². The molecule has 0 radical (unpaired) electrons. The minimum absolute atomic E-state index is 0.101. The molecule has 0 aromatic heterocycles. The molecule has 1 aromatic rings. The fraction of sp³-hybridized carbons (Fsp3) is 0.571. The Kier molecular flexibility index (Phi) is 4.05. The van der Waals surface area contributed by atoms with Crippen molar-refractivity contribution in [2.75, 3.05) is 13.2 Å². The zero-order chi connectivity index (χ0) is 13.3. The van der Waals surface area contributed by atoms with E-state index in [0.717, 1.165) is 29.3 Å². The van der Waals surface area contributed by atoms with E-state index in [-0.39, 0.29) is 12.5 Å². The molecule has 0 unspecified atom stereocenters. The Morgan fingerprint density at radius 1 is 1.22 bits per heavy atom. The second-order valence-electron chi connectivity index (χ2n) is 6.05. The van der Waals surface area contributed by atoms with Crippen molar-refractivity contribution >= 4 is 24.2 Å². The molecule has 0 bridgehead atoms. The van der Waals surface area contributed by atoms with Crippen molar-refractivity contribution in [2.45, 2.75) is 33.6 Å². The zero-order valence-electron chi connectivity index (χ0n) is 11.5. The molecule has 0 atom stereocenters. The van der Waals surface area contributed by atoms with E-state index in [9.17, 15) is 0 Å². The Morgan fingerprint density at radius 2 is 1.83 bits per heavy atom. The summed E-state index contributed by atoms with van der Waals surface area (Å²) >= 11 is 6.19. The summed E-state index contributed by atoms with van der Waals surface area (Å²) in [4.78, 5) is 0. The minimum atomic E-state index is -0.257. The summed E-state index contributed by atoms with van der Waals surface area (Å²) < 4.78 is 11.6. The molecule has 2 nitrogen and oxygen atoms in total. The van der Waals surface area contributed by atoms with E-state index in [1.165, 1.54) is 0 Å². The maximum Gasteiger partial charge on any atom is 0.493 e. The minimum Gasteiger partial charge on any atom is -0.407 e. The van der Waals surface area contributed by atoms with E-state index in [1.54, 1.807) is 0 Å². The van der Waals surface area contributed by atoms with Crippen LogP contribution in [0.2, 0.25) is 5.02 Å². The van der Waals surface area contributed by atoms with Crippen LogP contribution in [0, 0.1) is 5.41 Å². The number of hydrogen-bond acceptors (Lipinski definition) is 2. The summed E-state index contributed by atoms with van der Waals surface area (Å²) in [6, 6.07) is 6.01. The molecule has 0 spiro atoms. The first kappa shape index (κ1) is 13.9. The van der Waals surface area contributed by atoms with Crippen LogP contribution in [-0.4, -0.2) is 20.3 Å². The van der Waals surface area contributed by atoms with Gasteiger partial charge in [-0.1, -0.05) is 51.4 Å². The lowest BCUT2D eigenvalue weighted by atomic mass is 9.75. The average Bonchev–Trinajstić information content (AvgIpc) is 2.30. The van der Waals surface area contributed by atoms with Crippen molar-refractivity contribution in [3.8, 4) is 0 Å². The van der Waals surface area contributed by atoms with Crippen LogP contribution in [0.1, 0.15) is 39.2 Å². The van der Waals surface area contributed by atoms with E-state index in [2.05, 4.69) is 33.8 Å². The fourth-order valence-electron chi connectivity index (χ4n) is 2.04. The highest BCUT2D eigenvalue weighted by molar-refractivity contribution is 6.61. The molecule has 1 heterocycles. The van der Waals surface area contributed by atoms with Crippen LogP contribution < -0.4 is 5.46 Å². The molecular formula is C14H20BClO2. The number of benzene rings is 1. The van der Waals surface area contributed by atoms with Crippen molar-refractivity contribution in [3.63, 3.8) is 0 Å². The van der Waals surface area contributed by atoms with Gasteiger partial charge in [-0.05, 0) is 23.0 Å². The number of rotatable bonds is 2. The van der Waals surface area contributed by atoms with Gasteiger partial charge in [0.1, 0.15) is 0 Å². The van der Waals surface area contributed by atoms with E-state index < -0.39 is 0 Å². The van der Waals surface area contributed by atoms with Crippen LogP contribution in [0.3, 0.4) is 0 Å². The molecule has 98 valence electrons. The Labute approximate surface area is 115 Å². The molecule has 0 amide bonds. The lowest BCUT2D eigenvalue weighted by molar-refractivity contribution is 0.0343. The maximum atomic E-state index is 6.19. The normalized spacial score (nSPS) is 19.3. The van der Waals surface area contributed by atoms with Gasteiger partial charge in [-0.3, -0.25) is 0 Å². The Balaban J connectivity index is 2.17. The summed E-state index contributed by atoms with van der Waals surface area (Å²) in [5.74, 6) is 0.400. The fourth-order valence-corrected chi connectivity index (χ4v) is 2.37. The molecule has 0 N–H and O–H groups in total.